The number of likely N-dealkylation sites (tertiary alicyclic amines) is 1. The molecular formula is C24H23F3N4O. The van der Waals surface area contributed by atoms with Gasteiger partial charge in [-0.2, -0.15) is 13.2 Å². The van der Waals surface area contributed by atoms with Crippen molar-refractivity contribution in [1.29, 1.82) is 0 Å². The zero-order valence-electron chi connectivity index (χ0n) is 17.6. The van der Waals surface area contributed by atoms with Crippen molar-refractivity contribution in [3.63, 3.8) is 0 Å². The lowest BCUT2D eigenvalue weighted by atomic mass is 10.1. The number of alkyl halides is 3. The molecule has 0 unspecified atom stereocenters. The van der Waals surface area contributed by atoms with Gasteiger partial charge in [0.15, 0.2) is 0 Å². The van der Waals surface area contributed by atoms with Crippen LogP contribution >= 0.6 is 0 Å². The van der Waals surface area contributed by atoms with Gasteiger partial charge in [-0.25, -0.2) is 9.97 Å². The van der Waals surface area contributed by atoms with E-state index in [-0.39, 0.29) is 6.54 Å². The number of aromatic nitrogens is 3. The zero-order valence-corrected chi connectivity index (χ0v) is 17.6. The number of fused-ring (bicyclic) bond motifs is 1. The number of imidazole rings is 1. The highest BCUT2D eigenvalue weighted by molar-refractivity contribution is 5.76. The van der Waals surface area contributed by atoms with Crippen LogP contribution < -0.4 is 0 Å². The molecule has 3 heterocycles. The van der Waals surface area contributed by atoms with Crippen LogP contribution in [-0.4, -0.2) is 32.0 Å². The van der Waals surface area contributed by atoms with Crippen LogP contribution in [0.1, 0.15) is 36.8 Å². The Balaban J connectivity index is 1.36. The molecule has 2 aromatic carbocycles. The fourth-order valence-corrected chi connectivity index (χ4v) is 4.34. The lowest BCUT2D eigenvalue weighted by Crippen LogP contribution is -2.26. The Morgan fingerprint density at radius 1 is 1.03 bits per heavy atom. The van der Waals surface area contributed by atoms with Gasteiger partial charge in [-0.05, 0) is 56.1 Å². The number of benzene rings is 2. The molecule has 1 atom stereocenters. The molecule has 0 N–H and O–H groups in total. The molecule has 4 aromatic rings. The van der Waals surface area contributed by atoms with Crippen molar-refractivity contribution in [2.45, 2.75) is 45.1 Å². The summed E-state index contributed by atoms with van der Waals surface area (Å²) in [6, 6.07) is 14.5. The summed E-state index contributed by atoms with van der Waals surface area (Å²) in [5, 5.41) is 0. The largest absolute Gasteiger partial charge is 0.449 e. The van der Waals surface area contributed by atoms with Crippen molar-refractivity contribution < 1.29 is 17.6 Å². The summed E-state index contributed by atoms with van der Waals surface area (Å²) in [5.41, 5.74) is 3.20. The fraction of sp³-hybridized carbons (Fsp3) is 0.333. The lowest BCUT2D eigenvalue weighted by molar-refractivity contribution is -0.146. The minimum atomic E-state index is -4.53. The number of hydrogen-bond donors (Lipinski definition) is 0. The van der Waals surface area contributed by atoms with Crippen molar-refractivity contribution in [1.82, 2.24) is 19.4 Å². The Morgan fingerprint density at radius 3 is 2.53 bits per heavy atom. The fourth-order valence-electron chi connectivity index (χ4n) is 4.34. The van der Waals surface area contributed by atoms with Gasteiger partial charge in [0, 0.05) is 24.7 Å². The maximum Gasteiger partial charge on any atom is 0.449 e. The molecule has 0 spiro atoms. The van der Waals surface area contributed by atoms with E-state index < -0.39 is 12.0 Å². The van der Waals surface area contributed by atoms with E-state index in [0.717, 1.165) is 29.9 Å². The highest BCUT2D eigenvalue weighted by Gasteiger charge is 2.37. The average Bonchev–Trinajstić information content (AvgIpc) is 3.49. The number of hydrogen-bond acceptors (Lipinski definition) is 4. The molecule has 166 valence electrons. The SMILES string of the molecule is C[C@H]1CCCN1Cc1coc(-c2ccc(Cn3c(C(F)(F)F)nc4ccccc43)cc2)n1. The van der Waals surface area contributed by atoms with Gasteiger partial charge >= 0.3 is 6.18 Å². The smallest absolute Gasteiger partial charge is 0.444 e. The monoisotopic (exact) mass is 440 g/mol. The first kappa shape index (κ1) is 20.8. The number of oxazole rings is 1. The van der Waals surface area contributed by atoms with Crippen LogP contribution in [0.5, 0.6) is 0 Å². The summed E-state index contributed by atoms with van der Waals surface area (Å²) in [7, 11) is 0. The predicted octanol–water partition coefficient (Wildman–Crippen LogP) is 5.74. The van der Waals surface area contributed by atoms with Crippen LogP contribution in [0.15, 0.2) is 59.2 Å². The first-order valence-electron chi connectivity index (χ1n) is 10.7. The number of rotatable bonds is 5. The number of nitrogens with zero attached hydrogens (tertiary/aromatic N) is 4. The molecule has 1 aliphatic heterocycles. The topological polar surface area (TPSA) is 47.1 Å². The second-order valence-corrected chi connectivity index (χ2v) is 8.31. The van der Waals surface area contributed by atoms with E-state index in [9.17, 15) is 13.2 Å². The van der Waals surface area contributed by atoms with Gasteiger partial charge < -0.3 is 8.98 Å². The van der Waals surface area contributed by atoms with Crippen molar-refractivity contribution >= 4 is 11.0 Å². The third-order valence-corrected chi connectivity index (χ3v) is 6.06. The second kappa shape index (κ2) is 8.09. The van der Waals surface area contributed by atoms with Crippen LogP contribution in [0.3, 0.4) is 0 Å². The van der Waals surface area contributed by atoms with Gasteiger partial charge in [0.2, 0.25) is 11.7 Å². The van der Waals surface area contributed by atoms with Gasteiger partial charge in [-0.3, -0.25) is 4.90 Å². The van der Waals surface area contributed by atoms with Crippen molar-refractivity contribution in [2.24, 2.45) is 0 Å². The summed E-state index contributed by atoms with van der Waals surface area (Å²) in [6.45, 7) is 4.12. The van der Waals surface area contributed by atoms with Crippen LogP contribution in [-0.2, 0) is 19.3 Å². The molecule has 0 aliphatic carbocycles. The minimum absolute atomic E-state index is 0.0688. The Kier molecular flexibility index (Phi) is 5.25. The molecule has 8 heteroatoms. The van der Waals surface area contributed by atoms with E-state index in [1.54, 1.807) is 42.7 Å². The summed E-state index contributed by atoms with van der Waals surface area (Å²) >= 11 is 0. The summed E-state index contributed by atoms with van der Waals surface area (Å²) < 4.78 is 47.5. The van der Waals surface area contributed by atoms with E-state index in [1.165, 1.54) is 17.4 Å². The standard InChI is InChI=1S/C24H23F3N4O/c1-16-5-4-12-30(16)14-19-15-32-22(28-19)18-10-8-17(9-11-18)13-31-21-7-3-2-6-20(21)29-23(31)24(25,26)27/h2-3,6-11,15-16H,4-5,12-14H2,1H3/t16-/m0/s1. The van der Waals surface area contributed by atoms with E-state index in [1.807, 2.05) is 12.1 Å². The molecular weight excluding hydrogens is 417 g/mol. The average molecular weight is 440 g/mol. The third-order valence-electron chi connectivity index (χ3n) is 6.06. The predicted molar refractivity (Wildman–Crippen MR) is 115 cm³/mol. The van der Waals surface area contributed by atoms with Crippen LogP contribution in [0.25, 0.3) is 22.5 Å². The summed E-state index contributed by atoms with van der Waals surface area (Å²) in [5.74, 6) is -0.376. The van der Waals surface area contributed by atoms with Gasteiger partial charge in [0.1, 0.15) is 6.26 Å². The quantitative estimate of drug-likeness (QED) is 0.397. The Hall–Kier alpha value is -3.13. The maximum absolute atomic E-state index is 13.5. The molecule has 32 heavy (non-hydrogen) atoms. The zero-order chi connectivity index (χ0) is 22.3. The van der Waals surface area contributed by atoms with Crippen LogP contribution in [0, 0.1) is 0 Å². The van der Waals surface area contributed by atoms with Gasteiger partial charge in [-0.1, -0.05) is 24.3 Å². The van der Waals surface area contributed by atoms with E-state index >= 15 is 0 Å². The first-order chi connectivity index (χ1) is 15.4. The molecule has 5 rings (SSSR count). The van der Waals surface area contributed by atoms with Gasteiger partial charge in [0.05, 0.1) is 16.7 Å². The molecule has 0 radical (unpaired) electrons. The summed E-state index contributed by atoms with van der Waals surface area (Å²) in [6.07, 6.45) is -0.439. The summed E-state index contributed by atoms with van der Waals surface area (Å²) in [4.78, 5) is 10.8. The highest BCUT2D eigenvalue weighted by Crippen LogP contribution is 2.32. The molecule has 0 saturated carbocycles. The van der Waals surface area contributed by atoms with Crippen molar-refractivity contribution in [3.8, 4) is 11.5 Å². The Bertz CT molecular complexity index is 1230. The number of para-hydroxylation sites is 2. The lowest BCUT2D eigenvalue weighted by Gasteiger charge is -2.18. The molecule has 1 saturated heterocycles. The van der Waals surface area contributed by atoms with Crippen LogP contribution in [0.4, 0.5) is 13.2 Å². The normalized spacial score (nSPS) is 17.4. The van der Waals surface area contributed by atoms with Gasteiger partial charge in [-0.15, -0.1) is 0 Å². The molecule has 1 fully saturated rings. The van der Waals surface area contributed by atoms with E-state index in [0.29, 0.717) is 23.0 Å². The first-order valence-corrected chi connectivity index (χ1v) is 10.7. The van der Waals surface area contributed by atoms with E-state index in [2.05, 4.69) is 21.8 Å². The van der Waals surface area contributed by atoms with Crippen LogP contribution in [0.2, 0.25) is 0 Å². The molecule has 2 aromatic heterocycles. The second-order valence-electron chi connectivity index (χ2n) is 8.31. The van der Waals surface area contributed by atoms with Crippen molar-refractivity contribution in [2.75, 3.05) is 6.54 Å². The molecule has 0 bridgehead atoms. The number of halogens is 3. The van der Waals surface area contributed by atoms with E-state index in [4.69, 9.17) is 4.42 Å². The minimum Gasteiger partial charge on any atom is -0.444 e. The van der Waals surface area contributed by atoms with Gasteiger partial charge in [0.25, 0.3) is 0 Å². The maximum atomic E-state index is 13.5. The molecule has 1 aliphatic rings. The third kappa shape index (κ3) is 4.02. The Morgan fingerprint density at radius 2 is 1.81 bits per heavy atom. The molecule has 5 nitrogen and oxygen atoms in total. The molecule has 0 amide bonds. The highest BCUT2D eigenvalue weighted by atomic mass is 19.4. The Labute approximate surface area is 183 Å². The van der Waals surface area contributed by atoms with Crippen molar-refractivity contribution in [3.05, 3.63) is 71.9 Å².